The topological polar surface area (TPSA) is 111 Å². The van der Waals surface area contributed by atoms with Crippen LogP contribution in [0.25, 0.3) is 22.2 Å². The Morgan fingerprint density at radius 1 is 0.837 bits per heavy atom. The van der Waals surface area contributed by atoms with E-state index >= 15 is 0 Å². The van der Waals surface area contributed by atoms with Crippen molar-refractivity contribution in [3.63, 3.8) is 0 Å². The summed E-state index contributed by atoms with van der Waals surface area (Å²) in [6.45, 7) is 3.93. The third-order valence-corrected chi connectivity index (χ3v) is 9.44. The number of hydrogen-bond donors (Lipinski definition) is 2. The lowest BCUT2D eigenvalue weighted by atomic mass is 9.90. The summed E-state index contributed by atoms with van der Waals surface area (Å²) in [6, 6.07) is 27.2. The maximum absolute atomic E-state index is 14.5. The van der Waals surface area contributed by atoms with Gasteiger partial charge >= 0.3 is 0 Å². The molecule has 3 amide bonds. The van der Waals surface area contributed by atoms with Crippen LogP contribution < -0.4 is 25.1 Å². The molecule has 1 aliphatic heterocycles. The van der Waals surface area contributed by atoms with E-state index in [9.17, 15) is 14.4 Å². The molecule has 0 aliphatic carbocycles. The van der Waals surface area contributed by atoms with Crippen LogP contribution in [0.1, 0.15) is 58.2 Å². The van der Waals surface area contributed by atoms with Crippen LogP contribution in [0, 0.1) is 5.92 Å². The molecule has 3 unspecified atom stereocenters. The van der Waals surface area contributed by atoms with Crippen LogP contribution in [-0.4, -0.2) is 54.6 Å². The molecule has 5 aromatic rings. The molecular formula is C39H40N4O6. The number of amides is 3. The zero-order valence-electron chi connectivity index (χ0n) is 28.4. The Hall–Kier alpha value is -5.77. The first-order valence-corrected chi connectivity index (χ1v) is 16.2. The van der Waals surface area contributed by atoms with Gasteiger partial charge in [0.1, 0.15) is 6.04 Å². The average molecular weight is 661 g/mol. The maximum Gasteiger partial charge on any atom is 0.269 e. The largest absolute Gasteiger partial charge is 0.493 e. The molecule has 0 saturated heterocycles. The molecule has 49 heavy (non-hydrogen) atoms. The van der Waals surface area contributed by atoms with Gasteiger partial charge in [-0.1, -0.05) is 87.0 Å². The first kappa shape index (κ1) is 33.1. The van der Waals surface area contributed by atoms with Gasteiger partial charge in [0.25, 0.3) is 17.7 Å². The maximum atomic E-state index is 14.5. The molecule has 252 valence electrons. The highest BCUT2D eigenvalue weighted by atomic mass is 16.5. The number of nitrogens with zero attached hydrogens (tertiary/aromatic N) is 2. The predicted octanol–water partition coefficient (Wildman–Crippen LogP) is 6.29. The zero-order valence-corrected chi connectivity index (χ0v) is 28.4. The number of aryl methyl sites for hydroxylation is 1. The molecule has 3 atom stereocenters. The molecule has 1 aliphatic rings. The van der Waals surface area contributed by atoms with Crippen LogP contribution in [0.15, 0.2) is 91.0 Å². The highest BCUT2D eigenvalue weighted by Crippen LogP contribution is 2.48. The predicted molar refractivity (Wildman–Crippen MR) is 188 cm³/mol. The van der Waals surface area contributed by atoms with Crippen LogP contribution in [-0.2, 0) is 11.8 Å². The fraction of sp³-hybridized carbons (Fsp3) is 0.256. The van der Waals surface area contributed by atoms with Crippen molar-refractivity contribution in [2.24, 2.45) is 13.0 Å². The molecule has 0 radical (unpaired) electrons. The number of fused-ring (bicyclic) bond motifs is 2. The first-order chi connectivity index (χ1) is 23.7. The Balaban J connectivity index is 1.43. The Labute approximate surface area is 285 Å². The molecule has 0 spiro atoms. The van der Waals surface area contributed by atoms with Crippen LogP contribution >= 0.6 is 0 Å². The van der Waals surface area contributed by atoms with Gasteiger partial charge in [0.05, 0.1) is 33.1 Å². The van der Waals surface area contributed by atoms with Gasteiger partial charge in [-0.3, -0.25) is 25.2 Å². The molecule has 2 heterocycles. The van der Waals surface area contributed by atoms with E-state index in [-0.39, 0.29) is 17.4 Å². The van der Waals surface area contributed by atoms with Crippen molar-refractivity contribution in [3.8, 4) is 28.5 Å². The van der Waals surface area contributed by atoms with Crippen molar-refractivity contribution in [2.45, 2.75) is 32.4 Å². The number of methoxy groups -OCH3 is 3. The quantitative estimate of drug-likeness (QED) is 0.170. The fourth-order valence-corrected chi connectivity index (χ4v) is 6.92. The highest BCUT2D eigenvalue weighted by molar-refractivity contribution is 6.05. The van der Waals surface area contributed by atoms with E-state index in [0.29, 0.717) is 29.2 Å². The van der Waals surface area contributed by atoms with Crippen molar-refractivity contribution in [1.82, 2.24) is 20.3 Å². The van der Waals surface area contributed by atoms with E-state index in [2.05, 4.69) is 39.7 Å². The summed E-state index contributed by atoms with van der Waals surface area (Å²) in [7, 11) is 6.41. The summed E-state index contributed by atoms with van der Waals surface area (Å²) < 4.78 is 18.3. The Bertz CT molecular complexity index is 2010. The second-order valence-corrected chi connectivity index (χ2v) is 12.1. The number of hydrazine groups is 1. The van der Waals surface area contributed by atoms with Crippen LogP contribution in [0.5, 0.6) is 17.2 Å². The van der Waals surface area contributed by atoms with E-state index in [4.69, 9.17) is 14.2 Å². The van der Waals surface area contributed by atoms with Gasteiger partial charge in [-0.05, 0) is 41.3 Å². The average Bonchev–Trinajstić information content (AvgIpc) is 3.59. The van der Waals surface area contributed by atoms with E-state index in [1.165, 1.54) is 33.5 Å². The summed E-state index contributed by atoms with van der Waals surface area (Å²) in [5.74, 6) is -0.695. The zero-order chi connectivity index (χ0) is 34.8. The lowest BCUT2D eigenvalue weighted by Crippen LogP contribution is -2.55. The fourth-order valence-electron chi connectivity index (χ4n) is 6.92. The van der Waals surface area contributed by atoms with Crippen LogP contribution in [0.4, 0.5) is 0 Å². The molecule has 2 N–H and O–H groups in total. The summed E-state index contributed by atoms with van der Waals surface area (Å²) in [6.07, 6.45) is 0.604. The normalized spacial score (nSPS) is 15.0. The third kappa shape index (κ3) is 5.73. The lowest BCUT2D eigenvalue weighted by molar-refractivity contribution is -0.128. The van der Waals surface area contributed by atoms with Gasteiger partial charge < -0.3 is 23.7 Å². The number of para-hydroxylation sites is 1. The number of hydrogen-bond acceptors (Lipinski definition) is 6. The van der Waals surface area contributed by atoms with Crippen molar-refractivity contribution in [1.29, 1.82) is 0 Å². The standard InChI is InChI=1S/C39H40N4O6/c1-7-23(2)33(38(45)41-40-37(44)25-21-30(47-4)36(49-6)31(22-25)48-5)43-35(26-17-11-12-18-27(26)39(43)46)32-28-19-13-14-20-29(28)42(3)34(32)24-15-9-8-10-16-24/h8-23,33,35H,7H2,1-6H3,(H,40,44)(H,41,45). The van der Waals surface area contributed by atoms with Crippen molar-refractivity contribution >= 4 is 28.6 Å². The number of nitrogens with one attached hydrogen (secondary N) is 2. The Kier molecular flexibility index (Phi) is 9.31. The smallest absolute Gasteiger partial charge is 0.269 e. The molecule has 10 nitrogen and oxygen atoms in total. The SMILES string of the molecule is CCC(C)C(C(=O)NNC(=O)c1cc(OC)c(OC)c(OC)c1)N1C(=O)c2ccccc2C1c1c(-c2ccccc2)n(C)c2ccccc12. The monoisotopic (exact) mass is 660 g/mol. The molecular weight excluding hydrogens is 620 g/mol. The number of ether oxygens (including phenoxy) is 3. The molecule has 0 saturated carbocycles. The minimum absolute atomic E-state index is 0.181. The van der Waals surface area contributed by atoms with Crippen molar-refractivity contribution < 1.29 is 28.6 Å². The summed E-state index contributed by atoms with van der Waals surface area (Å²) in [5.41, 5.74) is 10.6. The van der Waals surface area contributed by atoms with Gasteiger partial charge in [-0.2, -0.15) is 0 Å². The van der Waals surface area contributed by atoms with E-state index in [0.717, 1.165) is 33.3 Å². The van der Waals surface area contributed by atoms with E-state index in [1.807, 2.05) is 75.5 Å². The molecule has 0 bridgehead atoms. The number of aromatic nitrogens is 1. The van der Waals surface area contributed by atoms with Crippen molar-refractivity contribution in [2.75, 3.05) is 21.3 Å². The minimum Gasteiger partial charge on any atom is -0.493 e. The summed E-state index contributed by atoms with van der Waals surface area (Å²) in [4.78, 5) is 43.9. The van der Waals surface area contributed by atoms with Crippen molar-refractivity contribution in [3.05, 3.63) is 113 Å². The lowest BCUT2D eigenvalue weighted by Gasteiger charge is -2.36. The summed E-state index contributed by atoms with van der Waals surface area (Å²) >= 11 is 0. The van der Waals surface area contributed by atoms with E-state index < -0.39 is 23.9 Å². The second kappa shape index (κ2) is 13.8. The van der Waals surface area contributed by atoms with Gasteiger partial charge in [0, 0.05) is 34.6 Å². The molecule has 1 aromatic heterocycles. The van der Waals surface area contributed by atoms with Crippen LogP contribution in [0.3, 0.4) is 0 Å². The first-order valence-electron chi connectivity index (χ1n) is 16.2. The number of benzene rings is 4. The molecule has 10 heteroatoms. The Morgan fingerprint density at radius 2 is 1.47 bits per heavy atom. The van der Waals surface area contributed by atoms with E-state index in [1.54, 1.807) is 4.90 Å². The summed E-state index contributed by atoms with van der Waals surface area (Å²) in [5, 5.41) is 0.988. The highest BCUT2D eigenvalue weighted by Gasteiger charge is 2.47. The van der Waals surface area contributed by atoms with Gasteiger partial charge in [-0.25, -0.2) is 0 Å². The molecule has 0 fully saturated rings. The van der Waals surface area contributed by atoms with Gasteiger partial charge in [-0.15, -0.1) is 0 Å². The minimum atomic E-state index is -0.933. The number of carbonyl (C=O) groups excluding carboxylic acids is 3. The van der Waals surface area contributed by atoms with Crippen LogP contribution in [0.2, 0.25) is 0 Å². The van der Waals surface area contributed by atoms with Gasteiger partial charge in [0.2, 0.25) is 5.75 Å². The second-order valence-electron chi connectivity index (χ2n) is 12.1. The Morgan fingerprint density at radius 3 is 2.12 bits per heavy atom. The third-order valence-electron chi connectivity index (χ3n) is 9.44. The van der Waals surface area contributed by atoms with Gasteiger partial charge in [0.15, 0.2) is 11.5 Å². The number of carbonyl (C=O) groups is 3. The molecule has 6 rings (SSSR count). The number of rotatable bonds is 10. The molecule has 4 aromatic carbocycles.